The van der Waals surface area contributed by atoms with E-state index in [2.05, 4.69) is 22.9 Å². The molecule has 1 unspecified atom stereocenters. The number of thioether (sulfide) groups is 1. The lowest BCUT2D eigenvalue weighted by Crippen LogP contribution is -2.30. The predicted octanol–water partition coefficient (Wildman–Crippen LogP) is 7.53. The molecule has 3 N–H and O–H groups in total. The molecule has 0 spiro atoms. The molecule has 44 heavy (non-hydrogen) atoms. The van der Waals surface area contributed by atoms with Crippen LogP contribution in [0.25, 0.3) is 6.08 Å². The van der Waals surface area contributed by atoms with Gasteiger partial charge in [0.1, 0.15) is 17.3 Å². The lowest BCUT2D eigenvalue weighted by molar-refractivity contribution is -0.115. The van der Waals surface area contributed by atoms with Crippen LogP contribution in [-0.4, -0.2) is 29.6 Å². The van der Waals surface area contributed by atoms with Crippen molar-refractivity contribution in [3.8, 4) is 5.75 Å². The van der Waals surface area contributed by atoms with E-state index in [4.69, 9.17) is 4.74 Å². The highest BCUT2D eigenvalue weighted by atomic mass is 32.2. The smallest absolute Gasteiger partial charge is 0.272 e. The summed E-state index contributed by atoms with van der Waals surface area (Å²) < 4.78 is 19.1. The largest absolute Gasteiger partial charge is 0.494 e. The Balaban J connectivity index is 1.41. The first-order valence-corrected chi connectivity index (χ1v) is 15.1. The van der Waals surface area contributed by atoms with Crippen LogP contribution < -0.4 is 20.7 Å². The lowest BCUT2D eigenvalue weighted by atomic mass is 10.1. The third-order valence-electron chi connectivity index (χ3n) is 6.37. The molecular formula is C35H34FN3O4S. The molecule has 0 radical (unpaired) electrons. The number of amides is 3. The van der Waals surface area contributed by atoms with Crippen molar-refractivity contribution in [2.45, 2.75) is 36.8 Å². The molecule has 0 fully saturated rings. The maximum absolute atomic E-state index is 13.4. The number of hydrogen-bond acceptors (Lipinski definition) is 5. The summed E-state index contributed by atoms with van der Waals surface area (Å²) in [6, 6.07) is 28.4. The van der Waals surface area contributed by atoms with E-state index in [0.717, 1.165) is 23.5 Å². The van der Waals surface area contributed by atoms with Gasteiger partial charge in [0, 0.05) is 21.8 Å². The molecule has 0 aliphatic heterocycles. The van der Waals surface area contributed by atoms with E-state index < -0.39 is 22.9 Å². The second-order valence-corrected chi connectivity index (χ2v) is 11.3. The zero-order valence-corrected chi connectivity index (χ0v) is 25.3. The fourth-order valence-electron chi connectivity index (χ4n) is 3.98. The summed E-state index contributed by atoms with van der Waals surface area (Å²) in [5.41, 5.74) is 2.05. The number of halogens is 1. The third-order valence-corrected chi connectivity index (χ3v) is 7.47. The van der Waals surface area contributed by atoms with Gasteiger partial charge in [-0.1, -0.05) is 49.7 Å². The first-order chi connectivity index (χ1) is 21.3. The molecule has 0 saturated carbocycles. The number of carbonyl (C=O) groups excluding carboxylic acids is 3. The summed E-state index contributed by atoms with van der Waals surface area (Å²) in [5.74, 6) is -0.847. The number of rotatable bonds is 13. The highest BCUT2D eigenvalue weighted by molar-refractivity contribution is 8.00. The van der Waals surface area contributed by atoms with E-state index in [1.54, 1.807) is 67.6 Å². The van der Waals surface area contributed by atoms with Crippen LogP contribution in [0.4, 0.5) is 15.8 Å². The summed E-state index contributed by atoms with van der Waals surface area (Å²) in [4.78, 5) is 39.8. The highest BCUT2D eigenvalue weighted by Gasteiger charge is 2.17. The molecule has 4 aromatic rings. The molecule has 4 rings (SSSR count). The van der Waals surface area contributed by atoms with Gasteiger partial charge in [0.25, 0.3) is 11.8 Å². The lowest BCUT2D eigenvalue weighted by Gasteiger charge is -2.14. The number of nitrogens with one attached hydrogen (secondary N) is 3. The molecule has 9 heteroatoms. The molecule has 3 amide bonds. The van der Waals surface area contributed by atoms with Crippen molar-refractivity contribution in [1.82, 2.24) is 5.32 Å². The fraction of sp³-hybridized carbons (Fsp3) is 0.171. The van der Waals surface area contributed by atoms with Gasteiger partial charge in [-0.25, -0.2) is 4.39 Å². The van der Waals surface area contributed by atoms with Crippen molar-refractivity contribution in [2.75, 3.05) is 17.2 Å². The summed E-state index contributed by atoms with van der Waals surface area (Å²) in [5, 5.41) is 7.97. The van der Waals surface area contributed by atoms with E-state index in [-0.39, 0.29) is 11.6 Å². The second-order valence-electron chi connectivity index (χ2n) is 9.89. The van der Waals surface area contributed by atoms with Crippen molar-refractivity contribution < 1.29 is 23.5 Å². The summed E-state index contributed by atoms with van der Waals surface area (Å²) in [6.07, 6.45) is 3.52. The molecule has 0 aromatic heterocycles. The van der Waals surface area contributed by atoms with Crippen molar-refractivity contribution >= 4 is 46.9 Å². The molecule has 0 bridgehead atoms. The van der Waals surface area contributed by atoms with Crippen molar-refractivity contribution in [3.05, 3.63) is 126 Å². The topological polar surface area (TPSA) is 96.5 Å². The number of ether oxygens (including phenoxy) is 1. The summed E-state index contributed by atoms with van der Waals surface area (Å²) >= 11 is 1.34. The molecule has 0 saturated heterocycles. The van der Waals surface area contributed by atoms with Crippen LogP contribution in [0.3, 0.4) is 0 Å². The monoisotopic (exact) mass is 611 g/mol. The van der Waals surface area contributed by atoms with Crippen LogP contribution in [0, 0.1) is 5.82 Å². The molecule has 0 heterocycles. The maximum Gasteiger partial charge on any atom is 0.272 e. The van der Waals surface area contributed by atoms with Gasteiger partial charge in [-0.3, -0.25) is 14.4 Å². The number of hydrogen-bond donors (Lipinski definition) is 3. The standard InChI is InChI=1S/C35H34FN3O4S/c1-3-4-21-43-30-19-17-28(18-20-30)37-33(40)24(2)44-31-12-8-11-29(23-31)38-35(42)32(22-25-13-15-27(36)16-14-25)39-34(41)26-9-6-5-7-10-26/h5-20,22-24H,3-4,21H2,1-2H3,(H,37,40)(H,38,42)(H,39,41)/b32-22-. The Bertz CT molecular complexity index is 1590. The van der Waals surface area contributed by atoms with Gasteiger partial charge in [0.15, 0.2) is 0 Å². The first kappa shape index (κ1) is 32.0. The van der Waals surface area contributed by atoms with Crippen LogP contribution in [0.15, 0.2) is 114 Å². The van der Waals surface area contributed by atoms with E-state index in [1.807, 2.05) is 18.2 Å². The van der Waals surface area contributed by atoms with Gasteiger partial charge in [-0.15, -0.1) is 11.8 Å². The van der Waals surface area contributed by atoms with E-state index in [0.29, 0.717) is 29.1 Å². The number of anilines is 2. The number of carbonyl (C=O) groups is 3. The fourth-order valence-corrected chi connectivity index (χ4v) is 4.91. The maximum atomic E-state index is 13.4. The van der Waals surface area contributed by atoms with Crippen molar-refractivity contribution in [3.63, 3.8) is 0 Å². The quantitative estimate of drug-likeness (QED) is 0.0825. The molecule has 1 atom stereocenters. The Morgan fingerprint density at radius 2 is 1.59 bits per heavy atom. The van der Waals surface area contributed by atoms with E-state index >= 15 is 0 Å². The van der Waals surface area contributed by atoms with Crippen LogP contribution in [0.2, 0.25) is 0 Å². The summed E-state index contributed by atoms with van der Waals surface area (Å²) in [6.45, 7) is 4.56. The van der Waals surface area contributed by atoms with Gasteiger partial charge < -0.3 is 20.7 Å². The molecule has 7 nitrogen and oxygen atoms in total. The Labute approximate surface area is 260 Å². The average Bonchev–Trinajstić information content (AvgIpc) is 3.03. The van der Waals surface area contributed by atoms with Gasteiger partial charge in [-0.05, 0) is 91.7 Å². The highest BCUT2D eigenvalue weighted by Crippen LogP contribution is 2.27. The van der Waals surface area contributed by atoms with Gasteiger partial charge in [0.05, 0.1) is 11.9 Å². The minimum Gasteiger partial charge on any atom is -0.494 e. The predicted molar refractivity (Wildman–Crippen MR) is 174 cm³/mol. The van der Waals surface area contributed by atoms with Gasteiger partial charge in [-0.2, -0.15) is 0 Å². The van der Waals surface area contributed by atoms with Crippen molar-refractivity contribution in [2.24, 2.45) is 0 Å². The Morgan fingerprint density at radius 1 is 0.864 bits per heavy atom. The Hall–Kier alpha value is -4.89. The van der Waals surface area contributed by atoms with Gasteiger partial charge >= 0.3 is 0 Å². The van der Waals surface area contributed by atoms with Gasteiger partial charge in [0.2, 0.25) is 5.91 Å². The summed E-state index contributed by atoms with van der Waals surface area (Å²) in [7, 11) is 0. The van der Waals surface area contributed by atoms with Crippen LogP contribution in [0.5, 0.6) is 5.75 Å². The first-order valence-electron chi connectivity index (χ1n) is 14.3. The molecule has 0 aliphatic carbocycles. The average molecular weight is 612 g/mol. The third kappa shape index (κ3) is 9.84. The Morgan fingerprint density at radius 3 is 2.30 bits per heavy atom. The zero-order chi connectivity index (χ0) is 31.3. The van der Waals surface area contributed by atoms with Crippen LogP contribution in [0.1, 0.15) is 42.6 Å². The second kappa shape index (κ2) is 16.1. The zero-order valence-electron chi connectivity index (χ0n) is 24.5. The van der Waals surface area contributed by atoms with E-state index in [1.165, 1.54) is 42.1 Å². The number of unbranched alkanes of at least 4 members (excludes halogenated alkanes) is 1. The molecule has 4 aromatic carbocycles. The Kier molecular flexibility index (Phi) is 11.7. The van der Waals surface area contributed by atoms with Crippen LogP contribution in [-0.2, 0) is 9.59 Å². The molecular weight excluding hydrogens is 577 g/mol. The normalized spacial score (nSPS) is 11.8. The minimum atomic E-state index is -0.561. The minimum absolute atomic E-state index is 0.0157. The molecule has 0 aliphatic rings. The van der Waals surface area contributed by atoms with E-state index in [9.17, 15) is 18.8 Å². The molecule has 226 valence electrons. The SMILES string of the molecule is CCCCOc1ccc(NC(=O)C(C)Sc2cccc(NC(=O)/C(=C/c3ccc(F)cc3)NC(=O)c3ccccc3)c2)cc1. The number of benzene rings is 4. The van der Waals surface area contributed by atoms with Crippen LogP contribution >= 0.6 is 11.8 Å². The van der Waals surface area contributed by atoms with Crippen molar-refractivity contribution in [1.29, 1.82) is 0 Å².